The van der Waals surface area contributed by atoms with Gasteiger partial charge in [0.2, 0.25) is 0 Å². The minimum absolute atomic E-state index is 0.0375. The van der Waals surface area contributed by atoms with Crippen LogP contribution in [0.3, 0.4) is 0 Å². The first-order valence-electron chi connectivity index (χ1n) is 16.5. The van der Waals surface area contributed by atoms with Crippen molar-refractivity contribution >= 4 is 17.1 Å². The van der Waals surface area contributed by atoms with E-state index >= 15 is 0 Å². The average molecular weight is 595 g/mol. The number of para-hydroxylation sites is 2. The van der Waals surface area contributed by atoms with Crippen molar-refractivity contribution in [3.8, 4) is 0 Å². The van der Waals surface area contributed by atoms with Crippen LogP contribution in [0.5, 0.6) is 0 Å². The summed E-state index contributed by atoms with van der Waals surface area (Å²) in [5, 5.41) is 10.2. The molecular weight excluding hydrogens is 548 g/mol. The molecule has 7 nitrogen and oxygen atoms in total. The highest BCUT2D eigenvalue weighted by molar-refractivity contribution is 5.76. The molecule has 6 rings (SSSR count). The zero-order valence-corrected chi connectivity index (χ0v) is 25.9. The molecule has 2 heterocycles. The summed E-state index contributed by atoms with van der Waals surface area (Å²) in [7, 11) is 0. The Morgan fingerprint density at radius 3 is 2.05 bits per heavy atom. The normalized spacial score (nSPS) is 20.3. The Morgan fingerprint density at radius 1 is 0.841 bits per heavy atom. The molecule has 1 aromatic heterocycles. The van der Waals surface area contributed by atoms with E-state index in [9.17, 15) is 14.7 Å². The average Bonchev–Trinajstić information content (AvgIpc) is 3.32. The summed E-state index contributed by atoms with van der Waals surface area (Å²) in [6.45, 7) is 5.00. The third-order valence-electron chi connectivity index (χ3n) is 10.0. The van der Waals surface area contributed by atoms with Gasteiger partial charge < -0.3 is 10.0 Å². The fraction of sp³-hybridized carbons (Fsp3) is 0.459. The maximum absolute atomic E-state index is 14.1. The first-order chi connectivity index (χ1) is 21.5. The Hall–Kier alpha value is -3.84. The smallest absolute Gasteiger partial charge is 0.407 e. The van der Waals surface area contributed by atoms with E-state index in [2.05, 4.69) is 72.5 Å². The van der Waals surface area contributed by atoms with E-state index in [1.54, 1.807) is 4.90 Å². The lowest BCUT2D eigenvalue weighted by Gasteiger charge is -2.41. The summed E-state index contributed by atoms with van der Waals surface area (Å²) >= 11 is 0. The zero-order valence-electron chi connectivity index (χ0n) is 25.9. The second-order valence-electron chi connectivity index (χ2n) is 13.0. The second-order valence-corrected chi connectivity index (χ2v) is 13.0. The van der Waals surface area contributed by atoms with Crippen molar-refractivity contribution in [2.45, 2.75) is 96.1 Å². The number of piperidine rings is 1. The molecule has 3 unspecified atom stereocenters. The van der Waals surface area contributed by atoms with Gasteiger partial charge in [-0.3, -0.25) is 14.0 Å². The van der Waals surface area contributed by atoms with Crippen LogP contribution in [0.25, 0.3) is 11.0 Å². The van der Waals surface area contributed by atoms with E-state index in [4.69, 9.17) is 0 Å². The van der Waals surface area contributed by atoms with Crippen LogP contribution in [0.4, 0.5) is 4.79 Å². The van der Waals surface area contributed by atoms with Gasteiger partial charge >= 0.3 is 11.8 Å². The Morgan fingerprint density at radius 2 is 1.43 bits per heavy atom. The van der Waals surface area contributed by atoms with Crippen molar-refractivity contribution in [3.05, 3.63) is 107 Å². The van der Waals surface area contributed by atoms with E-state index in [0.29, 0.717) is 31.7 Å². The van der Waals surface area contributed by atoms with Gasteiger partial charge in [0.15, 0.2) is 0 Å². The maximum atomic E-state index is 14.1. The van der Waals surface area contributed by atoms with E-state index in [1.807, 2.05) is 33.4 Å². The Labute approximate surface area is 260 Å². The summed E-state index contributed by atoms with van der Waals surface area (Å²) in [6, 6.07) is 29.1. The molecule has 0 bridgehead atoms. The third-order valence-corrected chi connectivity index (χ3v) is 10.0. The van der Waals surface area contributed by atoms with Crippen molar-refractivity contribution < 1.29 is 9.90 Å². The Balaban J connectivity index is 1.26. The second kappa shape index (κ2) is 13.9. The van der Waals surface area contributed by atoms with Gasteiger partial charge in [-0.1, -0.05) is 92.1 Å². The summed E-state index contributed by atoms with van der Waals surface area (Å²) in [6.07, 6.45) is 7.28. The number of nitrogens with zero attached hydrogens (tertiary/aromatic N) is 4. The molecule has 3 aromatic carbocycles. The molecule has 1 amide bonds. The van der Waals surface area contributed by atoms with Crippen molar-refractivity contribution in [1.29, 1.82) is 0 Å². The van der Waals surface area contributed by atoms with E-state index in [0.717, 1.165) is 30.7 Å². The van der Waals surface area contributed by atoms with Crippen molar-refractivity contribution in [3.63, 3.8) is 0 Å². The number of fused-ring (bicyclic) bond motifs is 1. The lowest BCUT2D eigenvalue weighted by atomic mass is 9.89. The molecule has 44 heavy (non-hydrogen) atoms. The van der Waals surface area contributed by atoms with Crippen LogP contribution < -0.4 is 5.69 Å². The molecule has 4 aromatic rings. The number of carboxylic acid groups (broad SMARTS) is 1. The van der Waals surface area contributed by atoms with E-state index in [1.165, 1.54) is 43.2 Å². The number of amides is 1. The fourth-order valence-electron chi connectivity index (χ4n) is 7.68. The number of benzene rings is 3. The highest BCUT2D eigenvalue weighted by atomic mass is 16.4. The first-order valence-corrected chi connectivity index (χ1v) is 16.5. The van der Waals surface area contributed by atoms with Crippen LogP contribution in [0.1, 0.15) is 75.5 Å². The van der Waals surface area contributed by atoms with Crippen molar-refractivity contribution in [2.75, 3.05) is 6.54 Å². The number of aromatic nitrogens is 2. The summed E-state index contributed by atoms with van der Waals surface area (Å²) in [5.74, 6) is 0.545. The fourth-order valence-corrected chi connectivity index (χ4v) is 7.68. The SMILES string of the molecule is CC(CC1CC(n2c(=O)n(CC3CCCCC3)c3ccccc32)CCN1C(=O)O)N(Cc1ccccc1)Cc1ccccc1. The minimum atomic E-state index is -0.870. The standard InChI is InChI=1S/C37H46N4O3/c1-28(38(25-29-13-5-2-6-14-29)26-30-15-7-3-8-16-30)23-33-24-32(21-22-39(33)37(43)44)41-35-20-12-11-19-34(35)40(36(41)42)27-31-17-9-4-10-18-31/h2-3,5-8,11-16,19-20,28,31-33H,4,9-10,17-18,21-27H2,1H3,(H,43,44). The molecule has 1 N–H and O–H groups in total. The first kappa shape index (κ1) is 30.2. The number of hydrogen-bond donors (Lipinski definition) is 1. The molecule has 7 heteroatoms. The molecule has 232 valence electrons. The van der Waals surface area contributed by atoms with Gasteiger partial charge in [0.1, 0.15) is 0 Å². The molecule has 2 aliphatic rings. The van der Waals surface area contributed by atoms with Gasteiger partial charge in [0.05, 0.1) is 11.0 Å². The van der Waals surface area contributed by atoms with Gasteiger partial charge in [-0.2, -0.15) is 0 Å². The van der Waals surface area contributed by atoms with Gasteiger partial charge in [-0.15, -0.1) is 0 Å². The van der Waals surface area contributed by atoms with Crippen LogP contribution in [0.2, 0.25) is 0 Å². The van der Waals surface area contributed by atoms with Crippen LogP contribution >= 0.6 is 0 Å². The summed E-state index contributed by atoms with van der Waals surface area (Å²) in [5.41, 5.74) is 4.52. The van der Waals surface area contributed by atoms with Crippen LogP contribution in [0, 0.1) is 5.92 Å². The number of likely N-dealkylation sites (tertiary alicyclic amines) is 1. The lowest BCUT2D eigenvalue weighted by molar-refractivity contribution is 0.0685. The minimum Gasteiger partial charge on any atom is -0.465 e. The maximum Gasteiger partial charge on any atom is 0.407 e. The predicted octanol–water partition coefficient (Wildman–Crippen LogP) is 7.55. The number of rotatable bonds is 10. The van der Waals surface area contributed by atoms with Crippen molar-refractivity contribution in [2.24, 2.45) is 5.92 Å². The number of hydrogen-bond acceptors (Lipinski definition) is 3. The molecule has 1 aliphatic heterocycles. The van der Waals surface area contributed by atoms with Crippen LogP contribution in [-0.4, -0.2) is 48.8 Å². The van der Waals surface area contributed by atoms with Gasteiger partial charge in [-0.05, 0) is 68.2 Å². The molecule has 2 fully saturated rings. The largest absolute Gasteiger partial charge is 0.465 e. The van der Waals surface area contributed by atoms with E-state index < -0.39 is 6.09 Å². The lowest BCUT2D eigenvalue weighted by Crippen LogP contribution is -2.49. The van der Waals surface area contributed by atoms with Gasteiger partial charge in [-0.25, -0.2) is 9.59 Å². The molecule has 1 saturated heterocycles. The molecule has 1 aliphatic carbocycles. The highest BCUT2D eigenvalue weighted by Gasteiger charge is 2.36. The Bertz CT molecular complexity index is 1530. The van der Waals surface area contributed by atoms with Gasteiger partial charge in [0.25, 0.3) is 0 Å². The van der Waals surface area contributed by atoms with E-state index in [-0.39, 0.29) is 23.8 Å². The molecule has 0 spiro atoms. The van der Waals surface area contributed by atoms with Crippen molar-refractivity contribution in [1.82, 2.24) is 18.9 Å². The number of carbonyl (C=O) groups is 1. The third kappa shape index (κ3) is 6.78. The quantitative estimate of drug-likeness (QED) is 0.206. The molecule has 0 radical (unpaired) electrons. The highest BCUT2D eigenvalue weighted by Crippen LogP contribution is 2.33. The topological polar surface area (TPSA) is 70.7 Å². The van der Waals surface area contributed by atoms with Gasteiger partial charge in [0, 0.05) is 44.3 Å². The molecule has 3 atom stereocenters. The van der Waals surface area contributed by atoms with Crippen LogP contribution in [0.15, 0.2) is 89.7 Å². The monoisotopic (exact) mass is 594 g/mol. The number of imidazole rings is 1. The predicted molar refractivity (Wildman–Crippen MR) is 176 cm³/mol. The molecular formula is C37H46N4O3. The van der Waals surface area contributed by atoms with Crippen LogP contribution in [-0.2, 0) is 19.6 Å². The summed E-state index contributed by atoms with van der Waals surface area (Å²) in [4.78, 5) is 30.7. The Kier molecular flexibility index (Phi) is 9.51. The molecule has 1 saturated carbocycles. The zero-order chi connectivity index (χ0) is 30.5. The summed E-state index contributed by atoms with van der Waals surface area (Å²) < 4.78 is 4.01.